The maximum Gasteiger partial charge on any atom is 0.0546 e. The number of fused-ring (bicyclic) bond motifs is 1. The molecule has 1 aromatic rings. The van der Waals surface area contributed by atoms with E-state index in [4.69, 9.17) is 0 Å². The number of hydrogen-bond acceptors (Lipinski definition) is 1. The van der Waals surface area contributed by atoms with Gasteiger partial charge in [0.15, 0.2) is 0 Å². The molecular weight excluding hydrogens is 250 g/mol. The van der Waals surface area contributed by atoms with Gasteiger partial charge in [-0.05, 0) is 46.8 Å². The number of nitrogens with zero attached hydrogens (tertiary/aromatic N) is 1. The largest absolute Gasteiger partial charge is 0.367 e. The van der Waals surface area contributed by atoms with Crippen LogP contribution in [0.2, 0.25) is 0 Å². The molecule has 1 heterocycles. The Balaban J connectivity index is 1.96. The Morgan fingerprint density at radius 2 is 2.00 bits per heavy atom. The fourth-order valence-corrected chi connectivity index (χ4v) is 3.65. The second kappa shape index (κ2) is 3.82. The van der Waals surface area contributed by atoms with Crippen LogP contribution in [0.25, 0.3) is 0 Å². The molecule has 0 saturated heterocycles. The van der Waals surface area contributed by atoms with E-state index in [1.54, 1.807) is 0 Å². The van der Waals surface area contributed by atoms with Gasteiger partial charge in [-0.25, -0.2) is 0 Å². The zero-order valence-corrected chi connectivity index (χ0v) is 10.5. The Hall–Kier alpha value is -0.500. The summed E-state index contributed by atoms with van der Waals surface area (Å²) in [5, 5.41) is 0. The monoisotopic (exact) mass is 265 g/mol. The van der Waals surface area contributed by atoms with Crippen molar-refractivity contribution in [1.29, 1.82) is 0 Å². The third-order valence-corrected chi connectivity index (χ3v) is 4.38. The van der Waals surface area contributed by atoms with Crippen molar-refractivity contribution in [1.82, 2.24) is 0 Å². The summed E-state index contributed by atoms with van der Waals surface area (Å²) in [7, 11) is 0. The molecule has 0 atom stereocenters. The molecule has 0 spiro atoms. The first-order valence-corrected chi connectivity index (χ1v) is 6.69. The smallest absolute Gasteiger partial charge is 0.0546 e. The minimum Gasteiger partial charge on any atom is -0.367 e. The van der Waals surface area contributed by atoms with E-state index >= 15 is 0 Å². The maximum absolute atomic E-state index is 3.69. The van der Waals surface area contributed by atoms with Crippen molar-refractivity contribution in [3.63, 3.8) is 0 Å². The number of rotatable bonds is 1. The van der Waals surface area contributed by atoms with E-state index in [1.807, 2.05) is 0 Å². The summed E-state index contributed by atoms with van der Waals surface area (Å²) in [6.07, 6.45) is 6.84. The zero-order valence-electron chi connectivity index (χ0n) is 8.88. The Labute approximate surface area is 99.6 Å². The van der Waals surface area contributed by atoms with Gasteiger partial charge in [-0.2, -0.15) is 0 Å². The van der Waals surface area contributed by atoms with E-state index < -0.39 is 0 Å². The van der Waals surface area contributed by atoms with Gasteiger partial charge in [0, 0.05) is 17.1 Å². The third kappa shape index (κ3) is 1.59. The number of para-hydroxylation sites is 1. The quantitative estimate of drug-likeness (QED) is 0.748. The molecule has 2 aliphatic rings. The van der Waals surface area contributed by atoms with Gasteiger partial charge in [-0.15, -0.1) is 0 Å². The first-order chi connectivity index (χ1) is 7.36. The molecule has 0 N–H and O–H groups in total. The molecule has 0 unspecified atom stereocenters. The third-order valence-electron chi connectivity index (χ3n) is 3.75. The van der Waals surface area contributed by atoms with Crippen molar-refractivity contribution in [2.24, 2.45) is 0 Å². The highest BCUT2D eigenvalue weighted by molar-refractivity contribution is 9.10. The molecule has 1 nitrogen and oxygen atoms in total. The molecule has 0 amide bonds. The predicted molar refractivity (Wildman–Crippen MR) is 67.4 cm³/mol. The fraction of sp³-hybridized carbons (Fsp3) is 0.538. The summed E-state index contributed by atoms with van der Waals surface area (Å²) >= 11 is 3.69. The number of anilines is 1. The van der Waals surface area contributed by atoms with Crippen molar-refractivity contribution < 1.29 is 0 Å². The van der Waals surface area contributed by atoms with E-state index in [0.717, 1.165) is 6.04 Å². The van der Waals surface area contributed by atoms with Crippen LogP contribution in [0.5, 0.6) is 0 Å². The van der Waals surface area contributed by atoms with E-state index in [9.17, 15) is 0 Å². The molecule has 80 valence electrons. The van der Waals surface area contributed by atoms with Crippen molar-refractivity contribution in [3.05, 3.63) is 28.2 Å². The van der Waals surface area contributed by atoms with Gasteiger partial charge in [0.25, 0.3) is 0 Å². The van der Waals surface area contributed by atoms with E-state index in [2.05, 4.69) is 39.0 Å². The lowest BCUT2D eigenvalue weighted by atomic mass is 10.1. The molecule has 0 radical (unpaired) electrons. The van der Waals surface area contributed by atoms with Crippen LogP contribution in [0.3, 0.4) is 0 Å². The van der Waals surface area contributed by atoms with Crippen LogP contribution in [-0.4, -0.2) is 12.6 Å². The second-order valence-corrected chi connectivity index (χ2v) is 5.48. The predicted octanol–water partition coefficient (Wildman–Crippen LogP) is 3.75. The Bertz CT molecular complexity index is 369. The van der Waals surface area contributed by atoms with Gasteiger partial charge >= 0.3 is 0 Å². The topological polar surface area (TPSA) is 3.24 Å². The number of hydrogen-bond donors (Lipinski definition) is 0. The number of halogens is 1. The van der Waals surface area contributed by atoms with Crippen LogP contribution in [0.4, 0.5) is 5.69 Å². The summed E-state index contributed by atoms with van der Waals surface area (Å²) in [6, 6.07) is 7.41. The van der Waals surface area contributed by atoms with Crippen molar-refractivity contribution in [3.8, 4) is 0 Å². The van der Waals surface area contributed by atoms with Crippen molar-refractivity contribution in [2.75, 3.05) is 11.4 Å². The Morgan fingerprint density at radius 3 is 2.80 bits per heavy atom. The van der Waals surface area contributed by atoms with Crippen LogP contribution < -0.4 is 4.90 Å². The van der Waals surface area contributed by atoms with Crippen LogP contribution in [0.1, 0.15) is 31.2 Å². The van der Waals surface area contributed by atoms with Crippen LogP contribution in [0.15, 0.2) is 22.7 Å². The summed E-state index contributed by atoms with van der Waals surface area (Å²) < 4.78 is 1.28. The fourth-order valence-electron chi connectivity index (χ4n) is 3.02. The summed E-state index contributed by atoms with van der Waals surface area (Å²) in [5.74, 6) is 0. The first-order valence-electron chi connectivity index (χ1n) is 5.90. The minimum absolute atomic E-state index is 0.810. The average Bonchev–Trinajstić information content (AvgIpc) is 2.85. The average molecular weight is 266 g/mol. The van der Waals surface area contributed by atoms with Crippen molar-refractivity contribution >= 4 is 21.6 Å². The summed E-state index contributed by atoms with van der Waals surface area (Å²) in [5.41, 5.74) is 3.00. The lowest BCUT2D eigenvalue weighted by molar-refractivity contribution is 0.624. The Kier molecular flexibility index (Phi) is 2.47. The molecule has 2 heteroatoms. The number of benzene rings is 1. The maximum atomic E-state index is 3.69. The minimum atomic E-state index is 0.810. The SMILES string of the molecule is Brc1cccc2c1N(C1CCCC1)CC2. The van der Waals surface area contributed by atoms with Gasteiger partial charge in [0.05, 0.1) is 5.69 Å². The van der Waals surface area contributed by atoms with Gasteiger partial charge in [0.1, 0.15) is 0 Å². The molecule has 1 aromatic carbocycles. The molecule has 3 rings (SSSR count). The highest BCUT2D eigenvalue weighted by Gasteiger charge is 2.29. The van der Waals surface area contributed by atoms with Crippen molar-refractivity contribution in [2.45, 2.75) is 38.1 Å². The molecule has 1 saturated carbocycles. The van der Waals surface area contributed by atoms with Crippen LogP contribution in [-0.2, 0) is 6.42 Å². The highest BCUT2D eigenvalue weighted by Crippen LogP contribution is 2.39. The Morgan fingerprint density at radius 1 is 1.20 bits per heavy atom. The van der Waals surface area contributed by atoms with E-state index in [0.29, 0.717) is 0 Å². The highest BCUT2D eigenvalue weighted by atomic mass is 79.9. The van der Waals surface area contributed by atoms with Gasteiger partial charge in [-0.1, -0.05) is 25.0 Å². The molecule has 15 heavy (non-hydrogen) atoms. The van der Waals surface area contributed by atoms with Crippen LogP contribution >= 0.6 is 15.9 Å². The lowest BCUT2D eigenvalue weighted by Crippen LogP contribution is -2.31. The standard InChI is InChI=1S/C13H16BrN/c14-12-7-3-4-10-8-9-15(13(10)12)11-5-1-2-6-11/h3-4,7,11H,1-2,5-6,8-9H2. The van der Waals surface area contributed by atoms with E-state index in [-0.39, 0.29) is 0 Å². The molecule has 1 aliphatic carbocycles. The summed E-state index contributed by atoms with van der Waals surface area (Å²) in [4.78, 5) is 2.63. The second-order valence-electron chi connectivity index (χ2n) is 4.63. The molecule has 0 aromatic heterocycles. The molecule has 1 fully saturated rings. The molecule has 1 aliphatic heterocycles. The van der Waals surface area contributed by atoms with Gasteiger partial charge in [0.2, 0.25) is 0 Å². The van der Waals surface area contributed by atoms with Gasteiger partial charge < -0.3 is 4.90 Å². The first kappa shape index (κ1) is 9.71. The normalized spacial score (nSPS) is 21.0. The van der Waals surface area contributed by atoms with Gasteiger partial charge in [-0.3, -0.25) is 0 Å². The zero-order chi connectivity index (χ0) is 10.3. The van der Waals surface area contributed by atoms with E-state index in [1.165, 1.54) is 54.4 Å². The summed E-state index contributed by atoms with van der Waals surface area (Å²) in [6.45, 7) is 1.22. The van der Waals surface area contributed by atoms with Crippen LogP contribution in [0, 0.1) is 0 Å². The lowest BCUT2D eigenvalue weighted by Gasteiger charge is -2.27. The molecule has 0 bridgehead atoms. The molecular formula is C13H16BrN.